The van der Waals surface area contributed by atoms with Crippen LogP contribution in [0.2, 0.25) is 0 Å². The molecule has 0 bridgehead atoms. The summed E-state index contributed by atoms with van der Waals surface area (Å²) in [6.07, 6.45) is 3.49. The average Bonchev–Trinajstić information content (AvgIpc) is 2.75. The number of pyridine rings is 1. The molecule has 2 N–H and O–H groups in total. The molecule has 0 spiro atoms. The van der Waals surface area contributed by atoms with E-state index in [-0.39, 0.29) is 0 Å². The van der Waals surface area contributed by atoms with Crippen LogP contribution in [0.15, 0.2) is 35.1 Å². The Morgan fingerprint density at radius 3 is 2.82 bits per heavy atom. The number of nitrogens with zero attached hydrogens (tertiary/aromatic N) is 2. The molecule has 17 heavy (non-hydrogen) atoms. The van der Waals surface area contributed by atoms with Crippen molar-refractivity contribution in [2.45, 2.75) is 20.0 Å². The highest BCUT2D eigenvalue weighted by molar-refractivity contribution is 5.46. The zero-order valence-corrected chi connectivity index (χ0v) is 10.2. The van der Waals surface area contributed by atoms with Crippen molar-refractivity contribution in [2.24, 2.45) is 5.73 Å². The number of aromatic nitrogens is 1. The van der Waals surface area contributed by atoms with Crippen LogP contribution in [0.1, 0.15) is 16.9 Å². The minimum absolute atomic E-state index is 0.498. The van der Waals surface area contributed by atoms with Crippen LogP contribution in [-0.4, -0.2) is 12.0 Å². The summed E-state index contributed by atoms with van der Waals surface area (Å²) in [4.78, 5) is 6.46. The van der Waals surface area contributed by atoms with E-state index < -0.39 is 0 Å². The molecular formula is C13H17N3O. The Balaban J connectivity index is 2.20. The first-order valence-corrected chi connectivity index (χ1v) is 5.60. The van der Waals surface area contributed by atoms with Gasteiger partial charge in [0.2, 0.25) is 0 Å². The largest absolute Gasteiger partial charge is 0.469 e. The van der Waals surface area contributed by atoms with Crippen LogP contribution in [0.25, 0.3) is 0 Å². The second kappa shape index (κ2) is 5.01. The van der Waals surface area contributed by atoms with Gasteiger partial charge in [0.1, 0.15) is 11.6 Å². The smallest absolute Gasteiger partial charge is 0.133 e. The van der Waals surface area contributed by atoms with Gasteiger partial charge in [-0.1, -0.05) is 6.07 Å². The van der Waals surface area contributed by atoms with Crippen LogP contribution in [0.5, 0.6) is 0 Å². The van der Waals surface area contributed by atoms with Gasteiger partial charge in [0.25, 0.3) is 0 Å². The molecule has 4 nitrogen and oxygen atoms in total. The van der Waals surface area contributed by atoms with Crippen molar-refractivity contribution in [3.05, 3.63) is 47.5 Å². The van der Waals surface area contributed by atoms with Crippen LogP contribution in [0.4, 0.5) is 5.82 Å². The summed E-state index contributed by atoms with van der Waals surface area (Å²) in [6, 6.07) is 5.89. The molecule has 2 rings (SSSR count). The third kappa shape index (κ3) is 2.47. The third-order valence-electron chi connectivity index (χ3n) is 2.82. The van der Waals surface area contributed by atoms with Crippen molar-refractivity contribution < 1.29 is 4.42 Å². The first-order valence-electron chi connectivity index (χ1n) is 5.60. The lowest BCUT2D eigenvalue weighted by Gasteiger charge is -2.20. The molecule has 4 heteroatoms. The molecule has 2 aromatic rings. The molecule has 0 aliphatic rings. The zero-order chi connectivity index (χ0) is 12.3. The molecule has 0 saturated heterocycles. The number of furan rings is 1. The summed E-state index contributed by atoms with van der Waals surface area (Å²) in [5, 5.41) is 0. The highest BCUT2D eigenvalue weighted by Gasteiger charge is 2.10. The van der Waals surface area contributed by atoms with Crippen LogP contribution in [0, 0.1) is 6.92 Å². The SMILES string of the molecule is Cc1occc1CN(C)c1ncccc1CN. The first kappa shape index (κ1) is 11.7. The van der Waals surface area contributed by atoms with Gasteiger partial charge in [0, 0.05) is 37.5 Å². The summed E-state index contributed by atoms with van der Waals surface area (Å²) in [5.41, 5.74) is 7.93. The summed E-state index contributed by atoms with van der Waals surface area (Å²) in [7, 11) is 2.01. The number of nitrogens with two attached hydrogens (primary N) is 1. The number of anilines is 1. The molecule has 0 atom stereocenters. The predicted molar refractivity (Wildman–Crippen MR) is 67.7 cm³/mol. The predicted octanol–water partition coefficient (Wildman–Crippen LogP) is 2.08. The van der Waals surface area contributed by atoms with Gasteiger partial charge in [-0.3, -0.25) is 0 Å². The number of hydrogen-bond acceptors (Lipinski definition) is 4. The van der Waals surface area contributed by atoms with Crippen molar-refractivity contribution in [1.82, 2.24) is 4.98 Å². The Bertz CT molecular complexity index is 493. The van der Waals surface area contributed by atoms with Gasteiger partial charge in [0.05, 0.1) is 6.26 Å². The van der Waals surface area contributed by atoms with Crippen molar-refractivity contribution in [1.29, 1.82) is 0 Å². The van der Waals surface area contributed by atoms with Crippen molar-refractivity contribution >= 4 is 5.82 Å². The van der Waals surface area contributed by atoms with E-state index in [9.17, 15) is 0 Å². The van der Waals surface area contributed by atoms with E-state index in [2.05, 4.69) is 9.88 Å². The molecule has 0 aliphatic carbocycles. The molecule has 2 aromatic heterocycles. The summed E-state index contributed by atoms with van der Waals surface area (Å²) < 4.78 is 5.29. The summed E-state index contributed by atoms with van der Waals surface area (Å²) >= 11 is 0. The minimum Gasteiger partial charge on any atom is -0.469 e. The van der Waals surface area contributed by atoms with Crippen LogP contribution in [-0.2, 0) is 13.1 Å². The fourth-order valence-electron chi connectivity index (χ4n) is 1.84. The maximum Gasteiger partial charge on any atom is 0.133 e. The molecule has 0 fully saturated rings. The van der Waals surface area contributed by atoms with E-state index >= 15 is 0 Å². The lowest BCUT2D eigenvalue weighted by molar-refractivity contribution is 0.529. The Morgan fingerprint density at radius 1 is 1.35 bits per heavy atom. The Hall–Kier alpha value is -1.81. The average molecular weight is 231 g/mol. The normalized spacial score (nSPS) is 10.5. The summed E-state index contributed by atoms with van der Waals surface area (Å²) in [5.74, 6) is 1.87. The fourth-order valence-corrected chi connectivity index (χ4v) is 1.84. The maximum atomic E-state index is 5.71. The number of aryl methyl sites for hydroxylation is 1. The van der Waals surface area contributed by atoms with Crippen LogP contribution >= 0.6 is 0 Å². The Kier molecular flexibility index (Phi) is 3.44. The van der Waals surface area contributed by atoms with Crippen molar-refractivity contribution in [2.75, 3.05) is 11.9 Å². The van der Waals surface area contributed by atoms with Gasteiger partial charge in [-0.2, -0.15) is 0 Å². The second-order valence-corrected chi connectivity index (χ2v) is 4.05. The van der Waals surface area contributed by atoms with E-state index in [1.807, 2.05) is 32.2 Å². The van der Waals surface area contributed by atoms with Crippen LogP contribution < -0.4 is 10.6 Å². The topological polar surface area (TPSA) is 55.3 Å². The molecule has 2 heterocycles. The highest BCUT2D eigenvalue weighted by Crippen LogP contribution is 2.19. The third-order valence-corrected chi connectivity index (χ3v) is 2.82. The highest BCUT2D eigenvalue weighted by atomic mass is 16.3. The quantitative estimate of drug-likeness (QED) is 0.875. The molecule has 0 saturated carbocycles. The molecule has 0 aromatic carbocycles. The molecular weight excluding hydrogens is 214 g/mol. The van der Waals surface area contributed by atoms with E-state index in [0.29, 0.717) is 6.54 Å². The standard InChI is InChI=1S/C13H17N3O/c1-10-12(5-7-17-10)9-16(2)13-11(8-14)4-3-6-15-13/h3-7H,8-9,14H2,1-2H3. The zero-order valence-electron chi connectivity index (χ0n) is 10.2. The monoisotopic (exact) mass is 231 g/mol. The molecule has 0 unspecified atom stereocenters. The Labute approximate surface area is 101 Å². The van der Waals surface area contributed by atoms with E-state index in [1.165, 1.54) is 5.56 Å². The lowest BCUT2D eigenvalue weighted by Crippen LogP contribution is -2.20. The van der Waals surface area contributed by atoms with Crippen LogP contribution in [0.3, 0.4) is 0 Å². The molecule has 90 valence electrons. The molecule has 0 amide bonds. The second-order valence-electron chi connectivity index (χ2n) is 4.05. The van der Waals surface area contributed by atoms with E-state index in [4.69, 9.17) is 10.2 Å². The fraction of sp³-hybridized carbons (Fsp3) is 0.308. The van der Waals surface area contributed by atoms with Gasteiger partial charge in [0.15, 0.2) is 0 Å². The van der Waals surface area contributed by atoms with Crippen molar-refractivity contribution in [3.8, 4) is 0 Å². The molecule has 0 aliphatic heterocycles. The van der Waals surface area contributed by atoms with Gasteiger partial charge in [-0.15, -0.1) is 0 Å². The van der Waals surface area contributed by atoms with E-state index in [1.54, 1.807) is 12.5 Å². The van der Waals surface area contributed by atoms with Gasteiger partial charge >= 0.3 is 0 Å². The Morgan fingerprint density at radius 2 is 2.18 bits per heavy atom. The first-order chi connectivity index (χ1) is 8.22. The lowest BCUT2D eigenvalue weighted by atomic mass is 10.2. The maximum absolute atomic E-state index is 5.71. The minimum atomic E-state index is 0.498. The molecule has 0 radical (unpaired) electrons. The number of rotatable bonds is 4. The van der Waals surface area contributed by atoms with E-state index in [0.717, 1.165) is 23.7 Å². The van der Waals surface area contributed by atoms with Gasteiger partial charge in [-0.25, -0.2) is 4.98 Å². The number of hydrogen-bond donors (Lipinski definition) is 1. The summed E-state index contributed by atoms with van der Waals surface area (Å²) in [6.45, 7) is 3.23. The van der Waals surface area contributed by atoms with Gasteiger partial charge in [-0.05, 0) is 19.1 Å². The van der Waals surface area contributed by atoms with Gasteiger partial charge < -0.3 is 15.1 Å². The van der Waals surface area contributed by atoms with Crippen molar-refractivity contribution in [3.63, 3.8) is 0 Å².